The summed E-state index contributed by atoms with van der Waals surface area (Å²) in [6.07, 6.45) is 3.49. The summed E-state index contributed by atoms with van der Waals surface area (Å²) in [5, 5.41) is 10.4. The van der Waals surface area contributed by atoms with Gasteiger partial charge in [-0.1, -0.05) is 17.7 Å². The van der Waals surface area contributed by atoms with Crippen LogP contribution in [0.4, 0.5) is 22.0 Å². The molecule has 2 heterocycles. The van der Waals surface area contributed by atoms with Crippen LogP contribution in [-0.2, 0) is 21.2 Å². The van der Waals surface area contributed by atoms with Crippen molar-refractivity contribution in [3.05, 3.63) is 83.0 Å². The molecule has 4 aromatic rings. The number of carbonyl (C=O) groups excluding carboxylic acids is 2. The van der Waals surface area contributed by atoms with Crippen LogP contribution in [0.2, 0.25) is 5.02 Å². The molecule has 13 heteroatoms. The third-order valence-electron chi connectivity index (χ3n) is 8.04. The fourth-order valence-electron chi connectivity index (χ4n) is 5.46. The van der Waals surface area contributed by atoms with E-state index in [1.54, 1.807) is 61.3 Å². The molecule has 47 heavy (non-hydrogen) atoms. The van der Waals surface area contributed by atoms with Crippen LogP contribution >= 0.6 is 11.6 Å². The quantitative estimate of drug-likeness (QED) is 0.147. The van der Waals surface area contributed by atoms with Gasteiger partial charge in [0.1, 0.15) is 17.6 Å². The van der Waals surface area contributed by atoms with Gasteiger partial charge in [0.05, 0.1) is 21.8 Å². The van der Waals surface area contributed by atoms with Gasteiger partial charge in [0, 0.05) is 42.6 Å². The minimum Gasteiger partial charge on any atom is -0.492 e. The van der Waals surface area contributed by atoms with Crippen LogP contribution in [0.15, 0.2) is 71.8 Å². The zero-order valence-electron chi connectivity index (χ0n) is 26.5. The Morgan fingerprint density at radius 2 is 1.77 bits per heavy atom. The fourth-order valence-corrected chi connectivity index (χ4v) is 6.89. The number of hydrogen-bond acceptors (Lipinski definition) is 8. The van der Waals surface area contributed by atoms with E-state index < -0.39 is 27.0 Å². The summed E-state index contributed by atoms with van der Waals surface area (Å²) in [6, 6.07) is 15.9. The molecule has 5 rings (SSSR count). The number of likely N-dealkylation sites (tertiary alicyclic amines) is 1. The van der Waals surface area contributed by atoms with Crippen LogP contribution in [0.3, 0.4) is 0 Å². The first kappa shape index (κ1) is 33.8. The van der Waals surface area contributed by atoms with E-state index in [0.29, 0.717) is 58.8 Å². The average molecular weight is 679 g/mol. The predicted octanol–water partition coefficient (Wildman–Crippen LogP) is 6.15. The molecule has 0 aliphatic carbocycles. The summed E-state index contributed by atoms with van der Waals surface area (Å²) in [7, 11) is -3.71. The van der Waals surface area contributed by atoms with E-state index in [-0.39, 0.29) is 17.5 Å². The molecule has 0 spiro atoms. The van der Waals surface area contributed by atoms with Crippen molar-refractivity contribution >= 4 is 61.3 Å². The molecule has 3 amide bonds. The topological polar surface area (TPSA) is 156 Å². The number of aromatic nitrogens is 1. The molecule has 0 bridgehead atoms. The molecular formula is C34H39ClN6O5S. The Kier molecular flexibility index (Phi) is 10.4. The lowest BCUT2D eigenvalue weighted by Crippen LogP contribution is -2.34. The predicted molar refractivity (Wildman–Crippen MR) is 186 cm³/mol. The summed E-state index contributed by atoms with van der Waals surface area (Å²) in [5.41, 5.74) is 8.05. The lowest BCUT2D eigenvalue weighted by Gasteiger charge is -2.22. The van der Waals surface area contributed by atoms with Crippen molar-refractivity contribution in [3.63, 3.8) is 0 Å². The van der Waals surface area contributed by atoms with Crippen molar-refractivity contribution in [3.8, 4) is 5.75 Å². The van der Waals surface area contributed by atoms with Gasteiger partial charge in [0.15, 0.2) is 9.84 Å². The minimum absolute atomic E-state index is 0.0855. The maximum Gasteiger partial charge on any atom is 0.321 e. The molecule has 5 N–H and O–H groups in total. The fraction of sp³-hybridized carbons (Fsp3) is 0.324. The van der Waals surface area contributed by atoms with E-state index in [0.717, 1.165) is 23.6 Å². The highest BCUT2D eigenvalue weighted by Crippen LogP contribution is 2.32. The number of nitrogen functional groups attached to an aromatic ring is 1. The number of urea groups is 1. The number of benzene rings is 3. The van der Waals surface area contributed by atoms with Crippen molar-refractivity contribution in [2.75, 3.05) is 36.1 Å². The van der Waals surface area contributed by atoms with Crippen LogP contribution in [0.1, 0.15) is 50.8 Å². The minimum atomic E-state index is -3.71. The summed E-state index contributed by atoms with van der Waals surface area (Å²) < 4.78 is 32.4. The highest BCUT2D eigenvalue weighted by Gasteiger charge is 2.26. The third kappa shape index (κ3) is 7.71. The van der Waals surface area contributed by atoms with Gasteiger partial charge in [-0.05, 0) is 105 Å². The summed E-state index contributed by atoms with van der Waals surface area (Å²) in [5.74, 6) is 0.396. The van der Waals surface area contributed by atoms with Gasteiger partial charge in [-0.3, -0.25) is 4.79 Å². The number of nitrogens with zero attached hydrogens (tertiary/aromatic N) is 2. The number of halogens is 1. The Morgan fingerprint density at radius 1 is 1.02 bits per heavy atom. The number of sulfone groups is 1. The van der Waals surface area contributed by atoms with Crippen LogP contribution in [0.5, 0.6) is 5.75 Å². The number of fused-ring (bicyclic) bond motifs is 1. The molecule has 1 fully saturated rings. The second-order valence-corrected chi connectivity index (χ2v) is 14.5. The number of ether oxygens (including phenoxy) is 1. The molecule has 1 aliphatic rings. The Hall–Kier alpha value is -4.55. The van der Waals surface area contributed by atoms with Gasteiger partial charge in [0.2, 0.25) is 5.91 Å². The van der Waals surface area contributed by atoms with Gasteiger partial charge in [0.25, 0.3) is 0 Å². The van der Waals surface area contributed by atoms with Crippen LogP contribution in [-0.4, -0.2) is 55.2 Å². The van der Waals surface area contributed by atoms with Gasteiger partial charge in [-0.15, -0.1) is 0 Å². The van der Waals surface area contributed by atoms with E-state index in [9.17, 15) is 18.0 Å². The first-order valence-corrected chi connectivity index (χ1v) is 17.4. The third-order valence-corrected chi connectivity index (χ3v) is 10.6. The molecule has 3 aromatic carbocycles. The van der Waals surface area contributed by atoms with Crippen molar-refractivity contribution in [1.29, 1.82) is 0 Å². The largest absolute Gasteiger partial charge is 0.492 e. The number of hydrogen-bond donors (Lipinski definition) is 4. The first-order chi connectivity index (χ1) is 22.5. The van der Waals surface area contributed by atoms with E-state index in [1.165, 1.54) is 6.07 Å². The lowest BCUT2D eigenvalue weighted by molar-refractivity contribution is -0.122. The Bertz CT molecular complexity index is 1900. The van der Waals surface area contributed by atoms with Crippen molar-refractivity contribution in [2.24, 2.45) is 0 Å². The molecule has 0 saturated carbocycles. The monoisotopic (exact) mass is 678 g/mol. The molecule has 1 saturated heterocycles. The Labute approximate surface area is 279 Å². The normalized spacial score (nSPS) is 13.9. The zero-order valence-corrected chi connectivity index (χ0v) is 28.1. The second kappa shape index (κ2) is 14.5. The van der Waals surface area contributed by atoms with Gasteiger partial charge in [-0.25, -0.2) is 18.2 Å². The standard InChI is InChI=1S/C34H39ClN6O5S/c1-4-46-29-19-23(7-11-28(29)35)31(39-25-8-10-27-22(17-25)13-14-37-32(27)36)33(42)38-20-24-18-26(40-34(43)41-15-5-6-16-41)9-12-30(24)47(44,45)21(2)3/h7-14,17-19,21,31,39H,4-6,15-16,20H2,1-3H3,(H2,36,37)(H,38,42)(H,40,43). The first-order valence-electron chi connectivity index (χ1n) is 15.5. The highest BCUT2D eigenvalue weighted by atomic mass is 35.5. The van der Waals surface area contributed by atoms with Crippen LogP contribution in [0, 0.1) is 0 Å². The van der Waals surface area contributed by atoms with Crippen LogP contribution in [0.25, 0.3) is 10.8 Å². The highest BCUT2D eigenvalue weighted by molar-refractivity contribution is 7.92. The van der Waals surface area contributed by atoms with E-state index in [2.05, 4.69) is 20.9 Å². The SMILES string of the molecule is CCOc1cc(C(Nc2ccc3c(N)nccc3c2)C(=O)NCc2cc(NC(=O)N3CCCC3)ccc2S(=O)(=O)C(C)C)ccc1Cl. The van der Waals surface area contributed by atoms with Gasteiger partial charge >= 0.3 is 6.03 Å². The Morgan fingerprint density at radius 3 is 2.49 bits per heavy atom. The average Bonchev–Trinajstić information content (AvgIpc) is 3.59. The molecule has 1 aromatic heterocycles. The molecule has 11 nitrogen and oxygen atoms in total. The zero-order chi connectivity index (χ0) is 33.7. The molecule has 248 valence electrons. The number of amides is 3. The maximum atomic E-state index is 14.0. The van der Waals surface area contributed by atoms with Crippen LogP contribution < -0.4 is 26.4 Å². The number of nitrogens with one attached hydrogen (secondary N) is 3. The molecule has 0 radical (unpaired) electrons. The lowest BCUT2D eigenvalue weighted by atomic mass is 10.0. The summed E-state index contributed by atoms with van der Waals surface area (Å²) in [6.45, 7) is 6.64. The van der Waals surface area contributed by atoms with Gasteiger partial charge < -0.3 is 31.3 Å². The molecule has 1 atom stereocenters. The van der Waals surface area contributed by atoms with E-state index in [1.807, 2.05) is 25.1 Å². The second-order valence-electron chi connectivity index (χ2n) is 11.6. The number of anilines is 3. The molecular weight excluding hydrogens is 640 g/mol. The maximum absolute atomic E-state index is 14.0. The van der Waals surface area contributed by atoms with E-state index in [4.69, 9.17) is 22.1 Å². The number of pyridine rings is 1. The van der Waals surface area contributed by atoms with Crippen molar-refractivity contribution < 1.29 is 22.7 Å². The van der Waals surface area contributed by atoms with Crippen molar-refractivity contribution in [2.45, 2.75) is 56.3 Å². The number of nitrogens with two attached hydrogens (primary N) is 1. The van der Waals surface area contributed by atoms with Gasteiger partial charge in [-0.2, -0.15) is 0 Å². The molecule has 1 unspecified atom stereocenters. The molecule has 1 aliphatic heterocycles. The van der Waals surface area contributed by atoms with Crippen molar-refractivity contribution in [1.82, 2.24) is 15.2 Å². The Balaban J connectivity index is 1.46. The number of rotatable bonds is 11. The summed E-state index contributed by atoms with van der Waals surface area (Å²) in [4.78, 5) is 32.8. The van der Waals surface area contributed by atoms with E-state index >= 15 is 0 Å². The summed E-state index contributed by atoms with van der Waals surface area (Å²) >= 11 is 6.37. The number of carbonyl (C=O) groups is 2. The smallest absolute Gasteiger partial charge is 0.321 e.